The molecule has 0 aliphatic rings. The first-order chi connectivity index (χ1) is 9.88. The second-order valence-corrected chi connectivity index (χ2v) is 4.90. The molecule has 0 aliphatic carbocycles. The maximum atomic E-state index is 12.6. The first-order valence-electron chi connectivity index (χ1n) is 6.63. The molecule has 0 aliphatic heterocycles. The molecule has 116 valence electrons. The maximum absolute atomic E-state index is 12.6. The van der Waals surface area contributed by atoms with Crippen LogP contribution in [0.15, 0.2) is 18.2 Å². The van der Waals surface area contributed by atoms with Crippen LogP contribution in [0.5, 0.6) is 11.5 Å². The fourth-order valence-corrected chi connectivity index (χ4v) is 2.00. The molecule has 1 aromatic carbocycles. The van der Waals surface area contributed by atoms with Crippen LogP contribution in [-0.2, 0) is 4.79 Å². The van der Waals surface area contributed by atoms with Crippen molar-refractivity contribution in [3.05, 3.63) is 23.8 Å². The van der Waals surface area contributed by atoms with Crippen LogP contribution in [0, 0.1) is 0 Å². The quantitative estimate of drug-likeness (QED) is 0.710. The second-order valence-electron chi connectivity index (χ2n) is 4.90. The molecule has 6 heteroatoms. The highest BCUT2D eigenvalue weighted by Gasteiger charge is 2.26. The lowest BCUT2D eigenvalue weighted by molar-refractivity contribution is -0.137. The molecule has 0 spiro atoms. The molecular formula is C15H21NO5. The zero-order valence-corrected chi connectivity index (χ0v) is 12.7. The number of ketones is 1. The third-order valence-corrected chi connectivity index (χ3v) is 2.90. The Kier molecular flexibility index (Phi) is 6.17. The topological polar surface area (TPSA) is 84.9 Å². The molecule has 0 fully saturated rings. The zero-order valence-electron chi connectivity index (χ0n) is 12.7. The summed E-state index contributed by atoms with van der Waals surface area (Å²) in [5.74, 6) is -0.468. The van der Waals surface area contributed by atoms with E-state index in [2.05, 4.69) is 5.32 Å². The van der Waals surface area contributed by atoms with E-state index < -0.39 is 12.0 Å². The molecule has 21 heavy (non-hydrogen) atoms. The lowest BCUT2D eigenvalue weighted by Gasteiger charge is -2.20. The second kappa shape index (κ2) is 7.64. The van der Waals surface area contributed by atoms with Crippen molar-refractivity contribution < 1.29 is 24.2 Å². The van der Waals surface area contributed by atoms with Crippen molar-refractivity contribution in [3.8, 4) is 11.5 Å². The summed E-state index contributed by atoms with van der Waals surface area (Å²) in [5.41, 5.74) is 0.302. The van der Waals surface area contributed by atoms with E-state index in [9.17, 15) is 9.59 Å². The first kappa shape index (κ1) is 17.0. The smallest absolute Gasteiger partial charge is 0.305 e. The number of carbonyl (C=O) groups is 2. The summed E-state index contributed by atoms with van der Waals surface area (Å²) < 4.78 is 10.3. The normalized spacial score (nSPS) is 12.0. The van der Waals surface area contributed by atoms with Gasteiger partial charge in [-0.3, -0.25) is 9.59 Å². The van der Waals surface area contributed by atoms with E-state index in [1.165, 1.54) is 14.2 Å². The third-order valence-electron chi connectivity index (χ3n) is 2.90. The van der Waals surface area contributed by atoms with Gasteiger partial charge >= 0.3 is 5.97 Å². The van der Waals surface area contributed by atoms with Gasteiger partial charge in [-0.1, -0.05) is 13.8 Å². The molecule has 0 bridgehead atoms. The van der Waals surface area contributed by atoms with Gasteiger partial charge in [0.25, 0.3) is 0 Å². The van der Waals surface area contributed by atoms with Gasteiger partial charge in [-0.05, 0) is 18.2 Å². The van der Waals surface area contributed by atoms with Crippen LogP contribution in [-0.4, -0.2) is 43.2 Å². The van der Waals surface area contributed by atoms with Crippen LogP contribution in [0.1, 0.15) is 30.6 Å². The standard InChI is InChI=1S/C15H21NO5/c1-9(2)16-12(8-14(17)18)15(19)11-7-10(20-3)5-6-13(11)21-4/h5-7,9,12,16H,8H2,1-4H3,(H,17,18). The van der Waals surface area contributed by atoms with E-state index in [1.54, 1.807) is 18.2 Å². The van der Waals surface area contributed by atoms with Gasteiger partial charge < -0.3 is 19.9 Å². The van der Waals surface area contributed by atoms with Gasteiger partial charge in [-0.25, -0.2) is 0 Å². The van der Waals surface area contributed by atoms with Crippen molar-refractivity contribution in [1.29, 1.82) is 0 Å². The molecule has 0 saturated carbocycles. The molecule has 1 rings (SSSR count). The number of carbonyl (C=O) groups excluding carboxylic acids is 1. The number of rotatable bonds is 8. The Bertz CT molecular complexity index is 513. The van der Waals surface area contributed by atoms with Crippen LogP contribution >= 0.6 is 0 Å². The SMILES string of the molecule is COc1ccc(OC)c(C(=O)C(CC(=O)O)NC(C)C)c1. The van der Waals surface area contributed by atoms with Gasteiger partial charge in [0.15, 0.2) is 5.78 Å². The number of carboxylic acids is 1. The van der Waals surface area contributed by atoms with Crippen LogP contribution in [0.25, 0.3) is 0 Å². The first-order valence-corrected chi connectivity index (χ1v) is 6.63. The van der Waals surface area contributed by atoms with Crippen LogP contribution < -0.4 is 14.8 Å². The van der Waals surface area contributed by atoms with E-state index in [0.29, 0.717) is 17.1 Å². The highest BCUT2D eigenvalue weighted by Crippen LogP contribution is 2.25. The van der Waals surface area contributed by atoms with Crippen LogP contribution in [0.2, 0.25) is 0 Å². The number of Topliss-reactive ketones (excluding diaryl/α,β-unsaturated/α-hetero) is 1. The van der Waals surface area contributed by atoms with Crippen molar-refractivity contribution >= 4 is 11.8 Å². The fraction of sp³-hybridized carbons (Fsp3) is 0.467. The highest BCUT2D eigenvalue weighted by atomic mass is 16.5. The average molecular weight is 295 g/mol. The van der Waals surface area contributed by atoms with E-state index in [0.717, 1.165) is 0 Å². The predicted octanol–water partition coefficient (Wildman–Crippen LogP) is 1.73. The van der Waals surface area contributed by atoms with Gasteiger partial charge in [-0.15, -0.1) is 0 Å². The number of hydrogen-bond acceptors (Lipinski definition) is 5. The number of methoxy groups -OCH3 is 2. The van der Waals surface area contributed by atoms with Crippen LogP contribution in [0.3, 0.4) is 0 Å². The summed E-state index contributed by atoms with van der Waals surface area (Å²) in [6, 6.07) is 4.02. The molecule has 0 saturated heterocycles. The minimum atomic E-state index is -1.04. The van der Waals surface area contributed by atoms with Gasteiger partial charge in [-0.2, -0.15) is 0 Å². The number of aliphatic carboxylic acids is 1. The lowest BCUT2D eigenvalue weighted by atomic mass is 9.99. The minimum Gasteiger partial charge on any atom is -0.497 e. The van der Waals surface area contributed by atoms with Crippen molar-refractivity contribution in [2.24, 2.45) is 0 Å². The Morgan fingerprint density at radius 2 is 1.90 bits per heavy atom. The summed E-state index contributed by atoms with van der Waals surface area (Å²) in [5, 5.41) is 11.9. The fourth-order valence-electron chi connectivity index (χ4n) is 2.00. The highest BCUT2D eigenvalue weighted by molar-refractivity contribution is 6.04. The number of benzene rings is 1. The monoisotopic (exact) mass is 295 g/mol. The Labute approximate surface area is 124 Å². The van der Waals surface area contributed by atoms with Gasteiger partial charge in [0.1, 0.15) is 11.5 Å². The molecule has 2 N–H and O–H groups in total. The number of ether oxygens (including phenoxy) is 2. The average Bonchev–Trinajstić information content (AvgIpc) is 2.44. The molecule has 0 radical (unpaired) electrons. The van der Waals surface area contributed by atoms with E-state index in [1.807, 2.05) is 13.8 Å². The van der Waals surface area contributed by atoms with Crippen molar-refractivity contribution in [3.63, 3.8) is 0 Å². The number of nitrogens with one attached hydrogen (secondary N) is 1. The van der Waals surface area contributed by atoms with Crippen molar-refractivity contribution in [2.75, 3.05) is 14.2 Å². The van der Waals surface area contributed by atoms with Gasteiger partial charge in [0.2, 0.25) is 0 Å². The van der Waals surface area contributed by atoms with Gasteiger partial charge in [0, 0.05) is 6.04 Å². The summed E-state index contributed by atoms with van der Waals surface area (Å²) in [7, 11) is 2.96. The summed E-state index contributed by atoms with van der Waals surface area (Å²) in [4.78, 5) is 23.6. The molecule has 6 nitrogen and oxygen atoms in total. The summed E-state index contributed by atoms with van der Waals surface area (Å²) in [6.45, 7) is 3.70. The lowest BCUT2D eigenvalue weighted by Crippen LogP contribution is -2.42. The predicted molar refractivity (Wildman–Crippen MR) is 78.2 cm³/mol. The van der Waals surface area contributed by atoms with E-state index in [4.69, 9.17) is 14.6 Å². The van der Waals surface area contributed by atoms with E-state index >= 15 is 0 Å². The molecule has 0 amide bonds. The molecule has 0 heterocycles. The molecular weight excluding hydrogens is 274 g/mol. The molecule has 0 aromatic heterocycles. The van der Waals surface area contributed by atoms with E-state index in [-0.39, 0.29) is 18.2 Å². The summed E-state index contributed by atoms with van der Waals surface area (Å²) >= 11 is 0. The Balaban J connectivity index is 3.14. The Morgan fingerprint density at radius 3 is 2.38 bits per heavy atom. The largest absolute Gasteiger partial charge is 0.497 e. The number of hydrogen-bond donors (Lipinski definition) is 2. The third kappa shape index (κ3) is 4.75. The maximum Gasteiger partial charge on any atom is 0.305 e. The van der Waals surface area contributed by atoms with Crippen molar-refractivity contribution in [2.45, 2.75) is 32.4 Å². The van der Waals surface area contributed by atoms with Crippen molar-refractivity contribution in [1.82, 2.24) is 5.32 Å². The Hall–Kier alpha value is -2.08. The number of carboxylic acid groups (broad SMARTS) is 1. The Morgan fingerprint density at radius 1 is 1.24 bits per heavy atom. The molecule has 1 aromatic rings. The zero-order chi connectivity index (χ0) is 16.0. The molecule has 1 unspecified atom stereocenters. The molecule has 1 atom stereocenters. The van der Waals surface area contributed by atoms with Crippen LogP contribution in [0.4, 0.5) is 0 Å². The van der Waals surface area contributed by atoms with Gasteiger partial charge in [0.05, 0.1) is 32.2 Å². The summed E-state index contributed by atoms with van der Waals surface area (Å²) in [6.07, 6.45) is -0.294. The minimum absolute atomic E-state index is 0.0186.